The van der Waals surface area contributed by atoms with Gasteiger partial charge in [-0.05, 0) is 30.0 Å². The lowest BCUT2D eigenvalue weighted by atomic mass is 9.82. The molecule has 0 spiro atoms. The topological polar surface area (TPSA) is 0 Å². The van der Waals surface area contributed by atoms with Crippen molar-refractivity contribution in [3.8, 4) is 24.2 Å². The molecule has 0 nitrogen and oxygen atoms in total. The number of hydrogen-bond donors (Lipinski definition) is 0. The van der Waals surface area contributed by atoms with Gasteiger partial charge in [-0.2, -0.15) is 26.3 Å². The van der Waals surface area contributed by atoms with Gasteiger partial charge in [0.1, 0.15) is 0 Å². The fourth-order valence-corrected chi connectivity index (χ4v) is 2.56. The minimum atomic E-state index is -4.90. The van der Waals surface area contributed by atoms with Crippen molar-refractivity contribution in [2.24, 2.45) is 17.8 Å². The zero-order valence-corrected chi connectivity index (χ0v) is 14.7. The van der Waals surface area contributed by atoms with Gasteiger partial charge in [0, 0.05) is 5.56 Å². The number of benzene rings is 1. The molecule has 26 heavy (non-hydrogen) atoms. The molecule has 0 saturated heterocycles. The van der Waals surface area contributed by atoms with Gasteiger partial charge in [0.25, 0.3) is 0 Å². The minimum Gasteiger partial charge on any atom is -0.166 e. The monoisotopic (exact) mass is 374 g/mol. The summed E-state index contributed by atoms with van der Waals surface area (Å²) in [5.41, 5.74) is -3.13. The van der Waals surface area contributed by atoms with E-state index in [4.69, 9.17) is 6.42 Å². The Hall–Kier alpha value is -2.08. The molecule has 0 aliphatic rings. The second kappa shape index (κ2) is 8.54. The molecule has 1 aromatic carbocycles. The van der Waals surface area contributed by atoms with E-state index in [9.17, 15) is 26.3 Å². The maximum Gasteiger partial charge on any atom is 0.416 e. The first-order chi connectivity index (χ1) is 11.9. The van der Waals surface area contributed by atoms with Crippen LogP contribution in [0.3, 0.4) is 0 Å². The van der Waals surface area contributed by atoms with E-state index in [-0.39, 0.29) is 23.5 Å². The molecule has 2 unspecified atom stereocenters. The Balaban J connectivity index is 3.28. The van der Waals surface area contributed by atoms with Gasteiger partial charge >= 0.3 is 12.4 Å². The summed E-state index contributed by atoms with van der Waals surface area (Å²) in [4.78, 5) is 0. The van der Waals surface area contributed by atoms with Crippen molar-refractivity contribution < 1.29 is 26.3 Å². The summed E-state index contributed by atoms with van der Waals surface area (Å²) in [5.74, 6) is 7.21. The highest BCUT2D eigenvalue weighted by Crippen LogP contribution is 2.36. The Morgan fingerprint density at radius 1 is 0.962 bits per heavy atom. The van der Waals surface area contributed by atoms with E-state index in [0.29, 0.717) is 12.1 Å². The Kier molecular flexibility index (Phi) is 7.21. The highest BCUT2D eigenvalue weighted by molar-refractivity contribution is 5.43. The predicted octanol–water partition coefficient (Wildman–Crippen LogP) is 6.40. The van der Waals surface area contributed by atoms with E-state index in [1.54, 1.807) is 0 Å². The highest BCUT2D eigenvalue weighted by atomic mass is 19.4. The number of hydrogen-bond acceptors (Lipinski definition) is 0. The van der Waals surface area contributed by atoms with Crippen molar-refractivity contribution in [3.05, 3.63) is 34.9 Å². The van der Waals surface area contributed by atoms with Crippen LogP contribution >= 0.6 is 0 Å². The minimum absolute atomic E-state index is 0.0275. The summed E-state index contributed by atoms with van der Waals surface area (Å²) >= 11 is 0. The lowest BCUT2D eigenvalue weighted by molar-refractivity contribution is -0.143. The molecule has 1 rings (SSSR count). The molecule has 0 radical (unpaired) electrons. The number of rotatable bonds is 4. The summed E-state index contributed by atoms with van der Waals surface area (Å²) in [7, 11) is 0. The van der Waals surface area contributed by atoms with Crippen molar-refractivity contribution in [1.82, 2.24) is 0 Å². The smallest absolute Gasteiger partial charge is 0.166 e. The first-order valence-corrected chi connectivity index (χ1v) is 8.17. The molecular formula is C20H20F6. The van der Waals surface area contributed by atoms with Gasteiger partial charge in [-0.15, -0.1) is 6.42 Å². The van der Waals surface area contributed by atoms with E-state index in [2.05, 4.69) is 17.8 Å². The van der Waals surface area contributed by atoms with Crippen LogP contribution in [-0.2, 0) is 12.4 Å². The zero-order chi connectivity index (χ0) is 20.1. The first kappa shape index (κ1) is 22.0. The van der Waals surface area contributed by atoms with Crippen LogP contribution in [0.2, 0.25) is 0 Å². The van der Waals surface area contributed by atoms with Crippen molar-refractivity contribution in [1.29, 1.82) is 0 Å². The van der Waals surface area contributed by atoms with Gasteiger partial charge in [-0.3, -0.25) is 0 Å². The van der Waals surface area contributed by atoms with Gasteiger partial charge < -0.3 is 0 Å². The molecule has 0 amide bonds. The molecule has 0 aliphatic heterocycles. The fourth-order valence-electron chi connectivity index (χ4n) is 2.56. The van der Waals surface area contributed by atoms with E-state index in [1.165, 1.54) is 0 Å². The Morgan fingerprint density at radius 2 is 1.46 bits per heavy atom. The van der Waals surface area contributed by atoms with Crippen LogP contribution in [0.15, 0.2) is 18.2 Å². The molecule has 0 heterocycles. The molecule has 0 bridgehead atoms. The van der Waals surface area contributed by atoms with Crippen LogP contribution < -0.4 is 0 Å². The summed E-state index contributed by atoms with van der Waals surface area (Å²) in [5, 5.41) is 0. The second-order valence-electron chi connectivity index (χ2n) is 6.33. The van der Waals surface area contributed by atoms with Crippen LogP contribution in [0.1, 0.15) is 50.3 Å². The third kappa shape index (κ3) is 6.02. The van der Waals surface area contributed by atoms with Crippen LogP contribution in [0.25, 0.3) is 0 Å². The third-order valence-corrected chi connectivity index (χ3v) is 4.31. The number of halogens is 6. The lowest BCUT2D eigenvalue weighted by Crippen LogP contribution is -2.16. The van der Waals surface area contributed by atoms with Gasteiger partial charge in [0.05, 0.1) is 17.0 Å². The van der Waals surface area contributed by atoms with E-state index in [1.807, 2.05) is 20.8 Å². The molecule has 0 aliphatic carbocycles. The fraction of sp³-hybridized carbons (Fsp3) is 0.500. The molecule has 142 valence electrons. The molecule has 0 saturated carbocycles. The summed E-state index contributed by atoms with van der Waals surface area (Å²) < 4.78 is 77.2. The van der Waals surface area contributed by atoms with Crippen molar-refractivity contribution in [2.45, 2.75) is 46.0 Å². The molecule has 0 aromatic heterocycles. The summed E-state index contributed by atoms with van der Waals surface area (Å²) in [6.45, 7) is 5.89. The van der Waals surface area contributed by atoms with Crippen LogP contribution in [-0.4, -0.2) is 0 Å². The van der Waals surface area contributed by atoms with Crippen LogP contribution in [0, 0.1) is 41.9 Å². The first-order valence-electron chi connectivity index (χ1n) is 8.17. The zero-order valence-electron chi connectivity index (χ0n) is 14.7. The van der Waals surface area contributed by atoms with Crippen LogP contribution in [0.5, 0.6) is 0 Å². The normalized spacial score (nSPS) is 15.4. The number of terminal acetylenes is 1. The lowest BCUT2D eigenvalue weighted by Gasteiger charge is -2.21. The Morgan fingerprint density at radius 3 is 1.85 bits per heavy atom. The summed E-state index contributed by atoms with van der Waals surface area (Å²) in [6.07, 6.45) is -2.49. The average Bonchev–Trinajstić information content (AvgIpc) is 2.53. The standard InChI is InChI=1S/C20H20F6/c1-5-7-13(3)14(4)16(6-2)9-8-15-10-17(19(21,22)23)12-18(11-15)20(24,25)26/h2,10-14,16H,5,7H2,1,3-4H3/t13?,14-,16?/m1/s1. The van der Waals surface area contributed by atoms with Crippen LogP contribution in [0.4, 0.5) is 26.3 Å². The van der Waals surface area contributed by atoms with Crippen molar-refractivity contribution >= 4 is 0 Å². The van der Waals surface area contributed by atoms with E-state index < -0.39 is 29.4 Å². The predicted molar refractivity (Wildman–Crippen MR) is 88.9 cm³/mol. The van der Waals surface area contributed by atoms with Gasteiger partial charge in [-0.25, -0.2) is 0 Å². The molecule has 3 atom stereocenters. The SMILES string of the molecule is C#CC(C#Cc1cc(C(F)(F)F)cc(C(F)(F)F)c1)[C@H](C)C(C)CCC. The van der Waals surface area contributed by atoms with Gasteiger partial charge in [0.2, 0.25) is 0 Å². The summed E-state index contributed by atoms with van der Waals surface area (Å²) in [6, 6.07) is 1.29. The van der Waals surface area contributed by atoms with E-state index in [0.717, 1.165) is 12.8 Å². The molecule has 6 heteroatoms. The quantitative estimate of drug-likeness (QED) is 0.423. The molecule has 0 fully saturated rings. The highest BCUT2D eigenvalue weighted by Gasteiger charge is 2.36. The maximum atomic E-state index is 12.9. The number of alkyl halides is 6. The maximum absolute atomic E-state index is 12.9. The van der Waals surface area contributed by atoms with Crippen molar-refractivity contribution in [2.75, 3.05) is 0 Å². The third-order valence-electron chi connectivity index (χ3n) is 4.31. The molecule has 1 aromatic rings. The average molecular weight is 374 g/mol. The largest absolute Gasteiger partial charge is 0.416 e. The second-order valence-corrected chi connectivity index (χ2v) is 6.33. The Labute approximate surface area is 150 Å². The Bertz CT molecular complexity index is 677. The van der Waals surface area contributed by atoms with Gasteiger partial charge in [-0.1, -0.05) is 51.4 Å². The molecule has 0 N–H and O–H groups in total. The van der Waals surface area contributed by atoms with E-state index >= 15 is 0 Å². The molecular weight excluding hydrogens is 354 g/mol. The van der Waals surface area contributed by atoms with Gasteiger partial charge in [0.15, 0.2) is 0 Å². The van der Waals surface area contributed by atoms with Crippen molar-refractivity contribution in [3.63, 3.8) is 0 Å².